The van der Waals surface area contributed by atoms with E-state index in [2.05, 4.69) is 15.3 Å². The molecule has 4 rings (SSSR count). The number of hydrogen-bond acceptors (Lipinski definition) is 4. The average Bonchev–Trinajstić information content (AvgIpc) is 3.27. The van der Waals surface area contributed by atoms with E-state index in [0.29, 0.717) is 23.9 Å². The maximum Gasteiger partial charge on any atom is 0.246 e. The van der Waals surface area contributed by atoms with Gasteiger partial charge in [-0.2, -0.15) is 5.10 Å². The number of benzene rings is 1. The highest BCUT2D eigenvalue weighted by Crippen LogP contribution is 2.29. The van der Waals surface area contributed by atoms with Crippen LogP contribution in [0.1, 0.15) is 31.3 Å². The van der Waals surface area contributed by atoms with E-state index in [9.17, 15) is 4.79 Å². The van der Waals surface area contributed by atoms with Crippen LogP contribution in [0.3, 0.4) is 0 Å². The Bertz CT molecular complexity index is 962. The molecule has 0 N–H and O–H groups in total. The number of fused-ring (bicyclic) bond motifs is 1. The summed E-state index contributed by atoms with van der Waals surface area (Å²) in [6.07, 6.45) is 3.68. The zero-order valence-electron chi connectivity index (χ0n) is 14.6. The molecular weight excluding hydrogens is 352 g/mol. The standard InChI is InChI=1S/C18H19ClN6O/c1-3-24-10-14(8-20-24)17-22-21-16-11-23(18(26)12(2)25(16)17)9-13-6-4-5-7-15(13)19/h4-8,10,12H,3,9,11H2,1-2H3/t12-/m0/s1. The van der Waals surface area contributed by atoms with Gasteiger partial charge in [0.15, 0.2) is 11.6 Å². The third-order valence-corrected chi connectivity index (χ3v) is 5.06. The molecule has 8 heteroatoms. The van der Waals surface area contributed by atoms with Crippen LogP contribution in [0.5, 0.6) is 0 Å². The van der Waals surface area contributed by atoms with Crippen molar-refractivity contribution in [2.45, 2.75) is 39.5 Å². The second kappa shape index (κ2) is 6.57. The average molecular weight is 371 g/mol. The van der Waals surface area contributed by atoms with Crippen LogP contribution in [-0.2, 0) is 24.4 Å². The number of halogens is 1. The largest absolute Gasteiger partial charge is 0.329 e. The second-order valence-corrected chi connectivity index (χ2v) is 6.76. The number of rotatable bonds is 4. The number of carbonyl (C=O) groups excluding carboxylic acids is 1. The molecule has 26 heavy (non-hydrogen) atoms. The van der Waals surface area contributed by atoms with Crippen LogP contribution >= 0.6 is 11.6 Å². The van der Waals surface area contributed by atoms with Crippen molar-refractivity contribution in [1.29, 1.82) is 0 Å². The van der Waals surface area contributed by atoms with Gasteiger partial charge >= 0.3 is 0 Å². The van der Waals surface area contributed by atoms with Crippen molar-refractivity contribution in [3.8, 4) is 11.4 Å². The predicted octanol–water partition coefficient (Wildman–Crippen LogP) is 2.92. The van der Waals surface area contributed by atoms with Gasteiger partial charge in [-0.25, -0.2) is 0 Å². The summed E-state index contributed by atoms with van der Waals surface area (Å²) < 4.78 is 3.73. The highest BCUT2D eigenvalue weighted by atomic mass is 35.5. The maximum atomic E-state index is 12.9. The molecule has 1 aliphatic heterocycles. The Labute approximate surface area is 156 Å². The Morgan fingerprint density at radius 3 is 2.81 bits per heavy atom. The molecule has 1 amide bonds. The molecule has 1 atom stereocenters. The summed E-state index contributed by atoms with van der Waals surface area (Å²) in [5, 5.41) is 13.6. The Kier molecular flexibility index (Phi) is 4.24. The van der Waals surface area contributed by atoms with Gasteiger partial charge in [0, 0.05) is 24.3 Å². The summed E-state index contributed by atoms with van der Waals surface area (Å²) in [4.78, 5) is 14.7. The number of hydrogen-bond donors (Lipinski definition) is 0. The summed E-state index contributed by atoms with van der Waals surface area (Å²) >= 11 is 6.25. The maximum absolute atomic E-state index is 12.9. The fourth-order valence-electron chi connectivity index (χ4n) is 3.28. The van der Waals surface area contributed by atoms with E-state index in [-0.39, 0.29) is 11.9 Å². The number of aryl methyl sites for hydroxylation is 1. The molecule has 7 nitrogen and oxygen atoms in total. The van der Waals surface area contributed by atoms with Crippen molar-refractivity contribution in [3.05, 3.63) is 53.1 Å². The lowest BCUT2D eigenvalue weighted by atomic mass is 10.1. The van der Waals surface area contributed by atoms with Crippen LogP contribution in [0.25, 0.3) is 11.4 Å². The fraction of sp³-hybridized carbons (Fsp3) is 0.333. The number of carbonyl (C=O) groups is 1. The van der Waals surface area contributed by atoms with Crippen LogP contribution in [0, 0.1) is 0 Å². The van der Waals surface area contributed by atoms with E-state index in [0.717, 1.165) is 23.5 Å². The molecule has 1 aliphatic rings. The number of amides is 1. The Hall–Kier alpha value is -2.67. The lowest BCUT2D eigenvalue weighted by Crippen LogP contribution is -2.41. The van der Waals surface area contributed by atoms with E-state index in [1.807, 2.05) is 53.6 Å². The van der Waals surface area contributed by atoms with Gasteiger partial charge in [-0.1, -0.05) is 29.8 Å². The van der Waals surface area contributed by atoms with E-state index in [4.69, 9.17) is 11.6 Å². The highest BCUT2D eigenvalue weighted by molar-refractivity contribution is 6.31. The molecule has 2 aromatic heterocycles. The zero-order chi connectivity index (χ0) is 18.3. The number of nitrogens with zero attached hydrogens (tertiary/aromatic N) is 6. The molecule has 0 spiro atoms. The van der Waals surface area contributed by atoms with Crippen LogP contribution in [0.2, 0.25) is 5.02 Å². The van der Waals surface area contributed by atoms with Crippen molar-refractivity contribution in [3.63, 3.8) is 0 Å². The van der Waals surface area contributed by atoms with E-state index >= 15 is 0 Å². The smallest absolute Gasteiger partial charge is 0.246 e. The van der Waals surface area contributed by atoms with Gasteiger partial charge in [0.25, 0.3) is 0 Å². The van der Waals surface area contributed by atoms with Crippen LogP contribution in [0.4, 0.5) is 0 Å². The Morgan fingerprint density at radius 2 is 2.08 bits per heavy atom. The van der Waals surface area contributed by atoms with Crippen molar-refractivity contribution in [2.75, 3.05) is 0 Å². The normalized spacial score (nSPS) is 16.8. The monoisotopic (exact) mass is 370 g/mol. The molecule has 0 saturated heterocycles. The first-order valence-corrected chi connectivity index (χ1v) is 8.95. The molecule has 1 aromatic carbocycles. The minimum absolute atomic E-state index is 0.0290. The van der Waals surface area contributed by atoms with Gasteiger partial charge in [0.1, 0.15) is 6.04 Å². The van der Waals surface area contributed by atoms with Crippen molar-refractivity contribution >= 4 is 17.5 Å². The predicted molar refractivity (Wildman–Crippen MR) is 97.3 cm³/mol. The van der Waals surface area contributed by atoms with E-state index in [1.54, 1.807) is 11.1 Å². The van der Waals surface area contributed by atoms with Gasteiger partial charge in [-0.3, -0.25) is 14.0 Å². The summed E-state index contributed by atoms with van der Waals surface area (Å²) in [7, 11) is 0. The second-order valence-electron chi connectivity index (χ2n) is 6.36. The minimum Gasteiger partial charge on any atom is -0.329 e. The molecule has 0 unspecified atom stereocenters. The highest BCUT2D eigenvalue weighted by Gasteiger charge is 2.34. The number of aromatic nitrogens is 5. The molecule has 0 fully saturated rings. The summed E-state index contributed by atoms with van der Waals surface area (Å²) in [6.45, 7) is 5.54. The lowest BCUT2D eigenvalue weighted by molar-refractivity contribution is -0.137. The van der Waals surface area contributed by atoms with E-state index in [1.165, 1.54) is 0 Å². The van der Waals surface area contributed by atoms with Gasteiger partial charge < -0.3 is 4.90 Å². The van der Waals surface area contributed by atoms with Crippen molar-refractivity contribution in [1.82, 2.24) is 29.4 Å². The van der Waals surface area contributed by atoms with E-state index < -0.39 is 0 Å². The van der Waals surface area contributed by atoms with Gasteiger partial charge in [0.2, 0.25) is 5.91 Å². The molecular formula is C18H19ClN6O. The molecule has 0 saturated carbocycles. The lowest BCUT2D eigenvalue weighted by Gasteiger charge is -2.32. The zero-order valence-corrected chi connectivity index (χ0v) is 15.4. The molecule has 0 bridgehead atoms. The van der Waals surface area contributed by atoms with Crippen LogP contribution in [-0.4, -0.2) is 35.4 Å². The molecule has 0 aliphatic carbocycles. The Morgan fingerprint density at radius 1 is 1.27 bits per heavy atom. The SMILES string of the molecule is CCn1cc(-c2nnc3n2[C@@H](C)C(=O)N(Cc2ccccc2Cl)C3)cn1. The quantitative estimate of drug-likeness (QED) is 0.708. The van der Waals surface area contributed by atoms with Crippen LogP contribution < -0.4 is 0 Å². The van der Waals surface area contributed by atoms with Gasteiger partial charge in [-0.15, -0.1) is 10.2 Å². The minimum atomic E-state index is -0.379. The van der Waals surface area contributed by atoms with Crippen molar-refractivity contribution < 1.29 is 4.79 Å². The first-order valence-electron chi connectivity index (χ1n) is 8.57. The fourth-order valence-corrected chi connectivity index (χ4v) is 3.47. The third-order valence-electron chi connectivity index (χ3n) is 4.69. The first kappa shape index (κ1) is 16.8. The summed E-state index contributed by atoms with van der Waals surface area (Å²) in [5.74, 6) is 1.47. The van der Waals surface area contributed by atoms with Crippen LogP contribution in [0.15, 0.2) is 36.7 Å². The first-order chi connectivity index (χ1) is 12.6. The molecule has 134 valence electrons. The molecule has 3 aromatic rings. The van der Waals surface area contributed by atoms with Crippen molar-refractivity contribution in [2.24, 2.45) is 0 Å². The van der Waals surface area contributed by atoms with Gasteiger partial charge in [0.05, 0.1) is 18.3 Å². The topological polar surface area (TPSA) is 68.8 Å². The summed E-state index contributed by atoms with van der Waals surface area (Å²) in [6, 6.07) is 7.19. The Balaban J connectivity index is 1.65. The molecule has 0 radical (unpaired) electrons. The summed E-state index contributed by atoms with van der Waals surface area (Å²) in [5.41, 5.74) is 1.79. The third kappa shape index (κ3) is 2.78. The van der Waals surface area contributed by atoms with Gasteiger partial charge in [-0.05, 0) is 25.5 Å². The molecule has 3 heterocycles.